The van der Waals surface area contributed by atoms with Crippen LogP contribution >= 0.6 is 11.6 Å². The van der Waals surface area contributed by atoms with Crippen LogP contribution < -0.4 is 11.1 Å². The minimum Gasteiger partial charge on any atom is -0.452 e. The van der Waals surface area contributed by atoms with Crippen LogP contribution in [0, 0.1) is 0 Å². The van der Waals surface area contributed by atoms with Gasteiger partial charge in [-0.2, -0.15) is 0 Å². The van der Waals surface area contributed by atoms with Crippen LogP contribution in [0.3, 0.4) is 0 Å². The van der Waals surface area contributed by atoms with E-state index in [0.717, 1.165) is 5.56 Å². The van der Waals surface area contributed by atoms with Gasteiger partial charge in [-0.25, -0.2) is 4.79 Å². The monoisotopic (exact) mass is 341 g/mol. The number of carbonyl (C=O) groups is 3. The molecule has 1 atom stereocenters. The quantitative estimate of drug-likeness (QED) is 0.727. The summed E-state index contributed by atoms with van der Waals surface area (Å²) in [5.41, 5.74) is 5.84. The number of amides is 3. The maximum Gasteiger partial charge on any atom is 0.320 e. The fraction of sp³-hybridized carbons (Fsp3) is 0.400. The molecule has 1 unspecified atom stereocenters. The highest BCUT2D eigenvalue weighted by Gasteiger charge is 2.20. The zero-order chi connectivity index (χ0) is 17.4. The number of urea groups is 1. The Balaban J connectivity index is 2.51. The molecule has 0 aliphatic heterocycles. The number of rotatable bonds is 7. The molecule has 0 heterocycles. The van der Waals surface area contributed by atoms with Crippen LogP contribution in [0.4, 0.5) is 4.79 Å². The van der Waals surface area contributed by atoms with Crippen molar-refractivity contribution in [2.45, 2.75) is 26.5 Å². The summed E-state index contributed by atoms with van der Waals surface area (Å²) in [5.74, 6) is -1.32. The Morgan fingerprint density at radius 1 is 1.30 bits per heavy atom. The molecule has 0 saturated heterocycles. The topological polar surface area (TPSA) is 102 Å². The third-order valence-electron chi connectivity index (χ3n) is 3.04. The van der Waals surface area contributed by atoms with Gasteiger partial charge < -0.3 is 10.5 Å². The minimum atomic E-state index is -1.09. The van der Waals surface area contributed by atoms with E-state index in [2.05, 4.69) is 0 Å². The molecule has 0 spiro atoms. The normalized spacial score (nSPS) is 11.8. The molecular weight excluding hydrogens is 322 g/mol. The van der Waals surface area contributed by atoms with Gasteiger partial charge in [-0.1, -0.05) is 30.7 Å². The molecule has 1 rings (SSSR count). The third kappa shape index (κ3) is 7.12. The first-order chi connectivity index (χ1) is 10.8. The molecule has 3 amide bonds. The van der Waals surface area contributed by atoms with Crippen LogP contribution in [0.15, 0.2) is 24.3 Å². The van der Waals surface area contributed by atoms with Crippen molar-refractivity contribution in [2.75, 3.05) is 13.1 Å². The van der Waals surface area contributed by atoms with E-state index in [4.69, 9.17) is 22.1 Å². The molecule has 3 N–H and O–H groups in total. The lowest BCUT2D eigenvalue weighted by Gasteiger charge is -2.20. The van der Waals surface area contributed by atoms with Gasteiger partial charge >= 0.3 is 12.0 Å². The molecule has 0 radical (unpaired) electrons. The first-order valence-electron chi connectivity index (χ1n) is 7.08. The summed E-state index contributed by atoms with van der Waals surface area (Å²) in [4.78, 5) is 35.8. The second kappa shape index (κ2) is 9.12. The zero-order valence-electron chi connectivity index (χ0n) is 13.0. The molecule has 1 aromatic carbocycles. The van der Waals surface area contributed by atoms with E-state index in [-0.39, 0.29) is 6.54 Å². The highest BCUT2D eigenvalue weighted by Crippen LogP contribution is 2.11. The van der Waals surface area contributed by atoms with Crippen molar-refractivity contribution in [3.05, 3.63) is 34.9 Å². The average molecular weight is 342 g/mol. The molecule has 7 nitrogen and oxygen atoms in total. The molecule has 0 saturated carbocycles. The number of likely N-dealkylation sites (N-methyl/N-ethyl adjacent to an activating group) is 1. The summed E-state index contributed by atoms with van der Waals surface area (Å²) in [6.45, 7) is 4.47. The minimum absolute atomic E-state index is 0.0211. The fourth-order valence-corrected chi connectivity index (χ4v) is 1.95. The number of ether oxygens (including phenoxy) is 1. The van der Waals surface area contributed by atoms with Crippen LogP contribution in [0.1, 0.15) is 19.4 Å². The number of esters is 1. The van der Waals surface area contributed by atoms with Gasteiger partial charge in [0.25, 0.3) is 5.91 Å². The number of carbonyl (C=O) groups excluding carboxylic acids is 3. The van der Waals surface area contributed by atoms with Gasteiger partial charge in [-0.15, -0.1) is 0 Å². The SMILES string of the molecule is CCN(CC(=O)OC(C)C(=O)NC(N)=O)Cc1ccc(Cl)cc1. The van der Waals surface area contributed by atoms with Gasteiger partial charge in [0.05, 0.1) is 6.54 Å². The molecule has 0 aliphatic rings. The Labute approximate surface area is 139 Å². The van der Waals surface area contributed by atoms with Crippen LogP contribution in [0.5, 0.6) is 0 Å². The van der Waals surface area contributed by atoms with Gasteiger partial charge in [0.1, 0.15) is 0 Å². The number of benzene rings is 1. The zero-order valence-corrected chi connectivity index (χ0v) is 13.8. The van der Waals surface area contributed by atoms with E-state index in [1.807, 2.05) is 29.3 Å². The molecule has 8 heteroatoms. The largest absolute Gasteiger partial charge is 0.452 e. The number of imide groups is 1. The van der Waals surface area contributed by atoms with Crippen LogP contribution in [-0.4, -0.2) is 42.0 Å². The summed E-state index contributed by atoms with van der Waals surface area (Å²) in [6, 6.07) is 6.31. The van der Waals surface area contributed by atoms with E-state index >= 15 is 0 Å². The van der Waals surface area contributed by atoms with Crippen LogP contribution in [-0.2, 0) is 20.9 Å². The fourth-order valence-electron chi connectivity index (χ4n) is 1.82. The molecule has 23 heavy (non-hydrogen) atoms. The summed E-state index contributed by atoms with van der Waals surface area (Å²) >= 11 is 5.83. The first-order valence-corrected chi connectivity index (χ1v) is 7.46. The molecule has 0 aromatic heterocycles. The Bertz CT molecular complexity index is 562. The summed E-state index contributed by atoms with van der Waals surface area (Å²) in [6.07, 6.45) is -1.09. The number of nitrogens with one attached hydrogen (secondary N) is 1. The van der Waals surface area contributed by atoms with Crippen molar-refractivity contribution in [3.63, 3.8) is 0 Å². The highest BCUT2D eigenvalue weighted by atomic mass is 35.5. The molecule has 126 valence electrons. The Morgan fingerprint density at radius 3 is 2.43 bits per heavy atom. The molecule has 1 aromatic rings. The second-order valence-corrected chi connectivity index (χ2v) is 5.35. The molecule has 0 fully saturated rings. The van der Waals surface area contributed by atoms with Crippen LogP contribution in [0.25, 0.3) is 0 Å². The van der Waals surface area contributed by atoms with E-state index in [1.54, 1.807) is 12.1 Å². The van der Waals surface area contributed by atoms with Crippen molar-refractivity contribution in [3.8, 4) is 0 Å². The smallest absolute Gasteiger partial charge is 0.320 e. The van der Waals surface area contributed by atoms with Crippen molar-refractivity contribution < 1.29 is 19.1 Å². The van der Waals surface area contributed by atoms with Gasteiger partial charge in [0.2, 0.25) is 0 Å². The predicted molar refractivity (Wildman–Crippen MR) is 85.7 cm³/mol. The summed E-state index contributed by atoms with van der Waals surface area (Å²) in [5, 5.41) is 2.50. The number of halogens is 1. The second-order valence-electron chi connectivity index (χ2n) is 4.92. The Kier molecular flexibility index (Phi) is 7.50. The Morgan fingerprint density at radius 2 is 1.91 bits per heavy atom. The third-order valence-corrected chi connectivity index (χ3v) is 3.30. The van der Waals surface area contributed by atoms with Gasteiger partial charge in [-0.3, -0.25) is 19.8 Å². The first kappa shape index (κ1) is 18.9. The summed E-state index contributed by atoms with van der Waals surface area (Å²) < 4.78 is 4.98. The van der Waals surface area contributed by atoms with Crippen molar-refractivity contribution in [1.29, 1.82) is 0 Å². The van der Waals surface area contributed by atoms with Crippen LogP contribution in [0.2, 0.25) is 5.02 Å². The standard InChI is InChI=1S/C15H20ClN3O4/c1-3-19(8-11-4-6-12(16)7-5-11)9-13(20)23-10(2)14(21)18-15(17)22/h4-7,10H,3,8-9H2,1-2H3,(H3,17,18,21,22). The van der Waals surface area contributed by atoms with Crippen molar-refractivity contribution in [1.82, 2.24) is 10.2 Å². The number of hydrogen-bond donors (Lipinski definition) is 2. The number of nitrogens with zero attached hydrogens (tertiary/aromatic N) is 1. The number of nitrogens with two attached hydrogens (primary N) is 1. The summed E-state index contributed by atoms with van der Waals surface area (Å²) in [7, 11) is 0. The number of primary amides is 1. The van der Waals surface area contributed by atoms with Gasteiger partial charge in [-0.05, 0) is 31.2 Å². The maximum atomic E-state index is 11.9. The van der Waals surface area contributed by atoms with Crippen molar-refractivity contribution >= 4 is 29.5 Å². The van der Waals surface area contributed by atoms with Crippen molar-refractivity contribution in [2.24, 2.45) is 5.73 Å². The lowest BCUT2D eigenvalue weighted by atomic mass is 10.2. The maximum absolute atomic E-state index is 11.9. The number of hydrogen-bond acceptors (Lipinski definition) is 5. The lowest BCUT2D eigenvalue weighted by Crippen LogP contribution is -2.43. The van der Waals surface area contributed by atoms with E-state index < -0.39 is 24.0 Å². The molecular formula is C15H20ClN3O4. The lowest BCUT2D eigenvalue weighted by molar-refractivity contribution is -0.155. The average Bonchev–Trinajstić information content (AvgIpc) is 2.47. The van der Waals surface area contributed by atoms with Gasteiger partial charge in [0, 0.05) is 11.6 Å². The molecule has 0 aliphatic carbocycles. The highest BCUT2D eigenvalue weighted by molar-refractivity contribution is 6.30. The molecule has 0 bridgehead atoms. The Hall–Kier alpha value is -2.12. The van der Waals surface area contributed by atoms with Gasteiger partial charge in [0.15, 0.2) is 6.10 Å². The predicted octanol–water partition coefficient (Wildman–Crippen LogP) is 1.29. The van der Waals surface area contributed by atoms with E-state index in [0.29, 0.717) is 18.1 Å². The van der Waals surface area contributed by atoms with E-state index in [1.165, 1.54) is 6.92 Å². The van der Waals surface area contributed by atoms with E-state index in [9.17, 15) is 14.4 Å².